The molecule has 2 aromatic heterocycles. The number of alkyl halides is 2. The third-order valence-electron chi connectivity index (χ3n) is 4.92. The molecular formula is C20H20F3N5O2S. The van der Waals surface area contributed by atoms with Gasteiger partial charge in [0.1, 0.15) is 41.9 Å². The summed E-state index contributed by atoms with van der Waals surface area (Å²) < 4.78 is 44.8. The van der Waals surface area contributed by atoms with Crippen LogP contribution < -0.4 is 21.1 Å². The van der Waals surface area contributed by atoms with Crippen LogP contribution in [0.3, 0.4) is 0 Å². The van der Waals surface area contributed by atoms with Crippen LogP contribution in [-0.4, -0.2) is 47.4 Å². The number of aromatic nitrogens is 2. The van der Waals surface area contributed by atoms with Crippen molar-refractivity contribution in [2.75, 3.05) is 18.7 Å². The van der Waals surface area contributed by atoms with Gasteiger partial charge in [-0.2, -0.15) is 0 Å². The number of rotatable bonds is 8. The summed E-state index contributed by atoms with van der Waals surface area (Å²) in [6.45, 7) is -0.340. The monoisotopic (exact) mass is 451 g/mol. The van der Waals surface area contributed by atoms with Crippen molar-refractivity contribution in [1.82, 2.24) is 15.3 Å². The number of aryl methyl sites for hydroxylation is 1. The molecule has 3 aromatic rings. The Balaban J connectivity index is 1.67. The van der Waals surface area contributed by atoms with Gasteiger partial charge in [-0.15, -0.1) is 11.3 Å². The van der Waals surface area contributed by atoms with Gasteiger partial charge in [0.05, 0.1) is 16.0 Å². The fourth-order valence-corrected chi connectivity index (χ4v) is 4.16. The van der Waals surface area contributed by atoms with Crippen molar-refractivity contribution in [3.05, 3.63) is 40.8 Å². The Bertz CT molecular complexity index is 1120. The zero-order valence-electron chi connectivity index (χ0n) is 16.5. The predicted molar refractivity (Wildman–Crippen MR) is 112 cm³/mol. The second-order valence-corrected chi connectivity index (χ2v) is 8.25. The Morgan fingerprint density at radius 1 is 1.35 bits per heavy atom. The first-order valence-electron chi connectivity index (χ1n) is 9.57. The molecule has 1 aliphatic rings. The number of benzene rings is 1. The normalized spacial score (nSPS) is 17.7. The van der Waals surface area contributed by atoms with Crippen LogP contribution in [0.15, 0.2) is 24.5 Å². The van der Waals surface area contributed by atoms with Gasteiger partial charge >= 0.3 is 0 Å². The Kier molecular flexibility index (Phi) is 5.96. The number of carbonyl (C=O) groups excluding carboxylic acids is 1. The Hall–Kier alpha value is -2.92. The zero-order valence-corrected chi connectivity index (χ0v) is 17.3. The summed E-state index contributed by atoms with van der Waals surface area (Å²) in [4.78, 5) is 22.2. The molecular weight excluding hydrogens is 431 g/mol. The largest absolute Gasteiger partial charge is 0.483 e. The molecule has 164 valence electrons. The third-order valence-corrected chi connectivity index (χ3v) is 6.12. The molecule has 1 amide bonds. The van der Waals surface area contributed by atoms with Crippen LogP contribution in [0.25, 0.3) is 10.2 Å². The second kappa shape index (κ2) is 8.67. The molecule has 1 aromatic carbocycles. The highest BCUT2D eigenvalue weighted by atomic mass is 32.1. The van der Waals surface area contributed by atoms with E-state index in [0.29, 0.717) is 26.5 Å². The molecule has 1 saturated carbocycles. The molecule has 31 heavy (non-hydrogen) atoms. The van der Waals surface area contributed by atoms with Crippen LogP contribution in [-0.2, 0) is 0 Å². The third kappa shape index (κ3) is 4.42. The van der Waals surface area contributed by atoms with E-state index in [1.54, 1.807) is 6.92 Å². The maximum atomic E-state index is 13.7. The minimum atomic E-state index is -1.35. The van der Waals surface area contributed by atoms with E-state index in [2.05, 4.69) is 20.6 Å². The minimum absolute atomic E-state index is 0.0231. The number of thiophene rings is 1. The number of carbonyl (C=O) groups is 1. The van der Waals surface area contributed by atoms with E-state index < -0.39 is 25.3 Å². The highest BCUT2D eigenvalue weighted by molar-refractivity contribution is 7.20. The molecule has 1 aliphatic carbocycles. The maximum Gasteiger partial charge on any atom is 0.261 e. The van der Waals surface area contributed by atoms with E-state index in [1.165, 1.54) is 29.8 Å². The number of nitrogens with zero attached hydrogens (tertiary/aromatic N) is 2. The highest BCUT2D eigenvalue weighted by Gasteiger charge is 2.35. The molecule has 2 heterocycles. The van der Waals surface area contributed by atoms with Gasteiger partial charge in [0.15, 0.2) is 6.10 Å². The molecule has 7 nitrogen and oxygen atoms in total. The molecule has 0 aliphatic heterocycles. The number of fused-ring (bicyclic) bond motifs is 1. The Morgan fingerprint density at radius 3 is 2.77 bits per heavy atom. The van der Waals surface area contributed by atoms with Gasteiger partial charge in [0, 0.05) is 18.2 Å². The Morgan fingerprint density at radius 2 is 2.10 bits per heavy atom. The van der Waals surface area contributed by atoms with Gasteiger partial charge in [0.25, 0.3) is 5.91 Å². The number of halogens is 3. The summed E-state index contributed by atoms with van der Waals surface area (Å²) in [5.41, 5.74) is 6.71. The van der Waals surface area contributed by atoms with Gasteiger partial charge in [-0.05, 0) is 31.0 Å². The molecule has 4 rings (SSSR count). The van der Waals surface area contributed by atoms with Gasteiger partial charge in [0.2, 0.25) is 0 Å². The first kappa shape index (κ1) is 21.3. The van der Waals surface area contributed by atoms with Crippen molar-refractivity contribution in [1.29, 1.82) is 0 Å². The number of anilines is 2. The average molecular weight is 451 g/mol. The quantitative estimate of drug-likeness (QED) is 0.485. The van der Waals surface area contributed by atoms with E-state index in [0.717, 1.165) is 12.5 Å². The van der Waals surface area contributed by atoms with Crippen molar-refractivity contribution >= 4 is 39.0 Å². The van der Waals surface area contributed by atoms with Gasteiger partial charge in [-0.25, -0.2) is 23.1 Å². The van der Waals surface area contributed by atoms with E-state index in [-0.39, 0.29) is 29.4 Å². The number of hydrogen-bond acceptors (Lipinski definition) is 7. The van der Waals surface area contributed by atoms with E-state index in [1.807, 2.05) is 0 Å². The summed E-state index contributed by atoms with van der Waals surface area (Å²) in [5, 5.41) is 6.51. The van der Waals surface area contributed by atoms with Crippen molar-refractivity contribution in [3.8, 4) is 5.75 Å². The average Bonchev–Trinajstić information content (AvgIpc) is 3.33. The smallest absolute Gasteiger partial charge is 0.261 e. The van der Waals surface area contributed by atoms with Gasteiger partial charge in [-0.3, -0.25) is 4.79 Å². The maximum absolute atomic E-state index is 13.7. The summed E-state index contributed by atoms with van der Waals surface area (Å²) >= 11 is 1.22. The van der Waals surface area contributed by atoms with E-state index in [4.69, 9.17) is 10.5 Å². The van der Waals surface area contributed by atoms with Crippen molar-refractivity contribution in [2.45, 2.75) is 31.5 Å². The lowest BCUT2D eigenvalue weighted by molar-refractivity contribution is 0.0954. The van der Waals surface area contributed by atoms with Crippen LogP contribution in [0.5, 0.6) is 5.75 Å². The SMILES string of the molecule is Cc1c(C(=O)N[C@@H]2C[C@H]2N)sc2ncnc(Nc3ccc(F)cc3OC(CF)CF)c12. The number of nitrogens with one attached hydrogen (secondary N) is 2. The van der Waals surface area contributed by atoms with Crippen LogP contribution in [0, 0.1) is 12.7 Å². The molecule has 2 atom stereocenters. The second-order valence-electron chi connectivity index (χ2n) is 7.25. The number of ether oxygens (including phenoxy) is 1. The first-order valence-corrected chi connectivity index (χ1v) is 10.4. The standard InChI is InChI=1S/C20H20F3N5O2S/c1-9-16-18(27-13-3-2-10(23)4-15(13)30-11(6-21)7-22)25-8-26-20(16)31-17(9)19(29)28-14-5-12(14)24/h2-4,8,11-12,14H,5-7,24H2,1H3,(H,28,29)(H,25,26,27)/t12-,14-/m1/s1. The highest BCUT2D eigenvalue weighted by Crippen LogP contribution is 2.37. The van der Waals surface area contributed by atoms with Crippen molar-refractivity contribution < 1.29 is 22.7 Å². The Labute approximate surface area is 179 Å². The minimum Gasteiger partial charge on any atom is -0.483 e. The number of nitrogens with two attached hydrogens (primary N) is 1. The molecule has 0 bridgehead atoms. The number of amides is 1. The van der Waals surface area contributed by atoms with Crippen LogP contribution in [0.1, 0.15) is 21.7 Å². The van der Waals surface area contributed by atoms with E-state index in [9.17, 15) is 18.0 Å². The summed E-state index contributed by atoms with van der Waals surface area (Å²) in [6.07, 6.45) is 0.725. The molecule has 0 radical (unpaired) electrons. The lowest BCUT2D eigenvalue weighted by Crippen LogP contribution is -2.29. The molecule has 4 N–H and O–H groups in total. The summed E-state index contributed by atoms with van der Waals surface area (Å²) in [5.74, 6) is -0.548. The molecule has 11 heteroatoms. The summed E-state index contributed by atoms with van der Waals surface area (Å²) in [7, 11) is 0. The molecule has 0 unspecified atom stereocenters. The fraction of sp³-hybridized carbons (Fsp3) is 0.350. The summed E-state index contributed by atoms with van der Waals surface area (Å²) in [6, 6.07) is 3.56. The lowest BCUT2D eigenvalue weighted by atomic mass is 10.2. The van der Waals surface area contributed by atoms with Crippen molar-refractivity contribution in [2.24, 2.45) is 5.73 Å². The molecule has 0 spiro atoms. The zero-order chi connectivity index (χ0) is 22.1. The molecule has 1 fully saturated rings. The van der Waals surface area contributed by atoms with Crippen LogP contribution in [0.4, 0.5) is 24.7 Å². The van der Waals surface area contributed by atoms with Gasteiger partial charge < -0.3 is 21.1 Å². The number of hydrogen-bond donors (Lipinski definition) is 3. The molecule has 0 saturated heterocycles. The van der Waals surface area contributed by atoms with E-state index >= 15 is 0 Å². The first-order chi connectivity index (χ1) is 14.9. The topological polar surface area (TPSA) is 102 Å². The predicted octanol–water partition coefficient (Wildman–Crippen LogP) is 3.40. The van der Waals surface area contributed by atoms with Gasteiger partial charge in [-0.1, -0.05) is 0 Å². The lowest BCUT2D eigenvalue weighted by Gasteiger charge is -2.17. The van der Waals surface area contributed by atoms with Crippen molar-refractivity contribution in [3.63, 3.8) is 0 Å². The fourth-order valence-electron chi connectivity index (χ4n) is 3.11. The van der Waals surface area contributed by atoms with Crippen LogP contribution >= 0.6 is 11.3 Å². The van der Waals surface area contributed by atoms with Crippen LogP contribution in [0.2, 0.25) is 0 Å².